The van der Waals surface area contributed by atoms with Gasteiger partial charge in [0.05, 0.1) is 0 Å². The summed E-state index contributed by atoms with van der Waals surface area (Å²) in [4.78, 5) is 3.11. The van der Waals surface area contributed by atoms with Crippen molar-refractivity contribution in [3.8, 4) is 0 Å². The van der Waals surface area contributed by atoms with E-state index in [0.29, 0.717) is 5.02 Å². The Bertz CT molecular complexity index is 660. The van der Waals surface area contributed by atoms with Crippen molar-refractivity contribution in [3.63, 3.8) is 0 Å². The molecule has 2 aromatic carbocycles. The highest BCUT2D eigenvalue weighted by Gasteiger charge is 2.26. The van der Waals surface area contributed by atoms with Gasteiger partial charge in [-0.15, -0.1) is 0 Å². The number of hydrogen-bond donors (Lipinski definition) is 1. The van der Waals surface area contributed by atoms with E-state index in [-0.39, 0.29) is 5.92 Å². The van der Waals surface area contributed by atoms with Crippen LogP contribution in [0.4, 0.5) is 0 Å². The smallest absolute Gasteiger partial charge is 0.0468 e. The van der Waals surface area contributed by atoms with Crippen molar-refractivity contribution in [1.29, 1.82) is 0 Å². The molecule has 0 saturated carbocycles. The topological polar surface area (TPSA) is 23.5 Å². The summed E-state index contributed by atoms with van der Waals surface area (Å²) in [5.41, 5.74) is 3.56. The Balaban J connectivity index is 2.07. The van der Waals surface area contributed by atoms with Crippen molar-refractivity contribution in [3.05, 3.63) is 63.1 Å². The molecule has 1 aliphatic rings. The van der Waals surface area contributed by atoms with Crippen LogP contribution in [0.3, 0.4) is 0 Å². The minimum Gasteiger partial charge on any atom is -0.325 e. The molecule has 0 amide bonds. The van der Waals surface area contributed by atoms with Crippen molar-refractivity contribution in [1.82, 2.24) is 4.90 Å². The lowest BCUT2D eigenvalue weighted by atomic mass is 9.85. The molecule has 110 valence electrons. The van der Waals surface area contributed by atoms with E-state index in [1.807, 2.05) is 24.3 Å². The van der Waals surface area contributed by atoms with Gasteiger partial charge < -0.3 is 9.45 Å². The third-order valence-electron chi connectivity index (χ3n) is 3.88. The Morgan fingerprint density at radius 1 is 1.19 bits per heavy atom. The molecule has 1 atom stereocenters. The summed E-state index contributed by atoms with van der Waals surface area (Å²) in [6, 6.07) is 11.8. The van der Waals surface area contributed by atoms with E-state index >= 15 is 0 Å². The van der Waals surface area contributed by atoms with Gasteiger partial charge in [0.25, 0.3) is 0 Å². The maximum absolute atomic E-state index is 9.08. The highest BCUT2D eigenvalue weighted by molar-refractivity contribution is 7.93. The lowest BCUT2D eigenvalue weighted by Gasteiger charge is -2.33. The standard InChI is InChI=1S/C16H15Cl2NOS/c1-19-8-14(10-2-4-12(21-20)5-3-10)13-6-11(17)7-16(18)15(13)9-19/h2-7,14,20H,8-9H2,1H3. The number of fused-ring (bicyclic) bond motifs is 1. The van der Waals surface area contributed by atoms with Gasteiger partial charge in [-0.2, -0.15) is 0 Å². The second-order valence-corrected chi connectivity index (χ2v) is 6.86. The number of benzene rings is 2. The molecule has 0 aromatic heterocycles. The maximum Gasteiger partial charge on any atom is 0.0468 e. The Morgan fingerprint density at radius 2 is 1.90 bits per heavy atom. The molecule has 1 aliphatic heterocycles. The van der Waals surface area contributed by atoms with Gasteiger partial charge in [-0.3, -0.25) is 0 Å². The van der Waals surface area contributed by atoms with E-state index in [0.717, 1.165) is 40.6 Å². The summed E-state index contributed by atoms with van der Waals surface area (Å²) in [5.74, 6) is 0.243. The summed E-state index contributed by atoms with van der Waals surface area (Å²) in [7, 11) is 2.10. The van der Waals surface area contributed by atoms with Crippen molar-refractivity contribution >= 4 is 35.2 Å². The van der Waals surface area contributed by atoms with Crippen LogP contribution in [0.5, 0.6) is 0 Å². The molecule has 3 rings (SSSR count). The van der Waals surface area contributed by atoms with Gasteiger partial charge in [0.15, 0.2) is 0 Å². The monoisotopic (exact) mass is 339 g/mol. The second kappa shape index (κ2) is 6.19. The lowest BCUT2D eigenvalue weighted by Crippen LogP contribution is -2.31. The zero-order valence-corrected chi connectivity index (χ0v) is 13.8. The largest absolute Gasteiger partial charge is 0.325 e. The number of likely N-dealkylation sites (N-methyl/N-ethyl adjacent to an activating group) is 1. The van der Waals surface area contributed by atoms with Crippen LogP contribution in [0.1, 0.15) is 22.6 Å². The average molecular weight is 340 g/mol. The number of nitrogens with zero attached hydrogens (tertiary/aromatic N) is 1. The van der Waals surface area contributed by atoms with Gasteiger partial charge in [-0.1, -0.05) is 35.3 Å². The van der Waals surface area contributed by atoms with E-state index in [2.05, 4.69) is 24.1 Å². The summed E-state index contributed by atoms with van der Waals surface area (Å²) in [6.07, 6.45) is 0. The third kappa shape index (κ3) is 3.08. The van der Waals surface area contributed by atoms with E-state index in [1.165, 1.54) is 11.1 Å². The van der Waals surface area contributed by atoms with Crippen molar-refractivity contribution < 1.29 is 4.55 Å². The molecule has 0 bridgehead atoms. The molecule has 0 saturated heterocycles. The highest BCUT2D eigenvalue weighted by Crippen LogP contribution is 2.38. The molecule has 1 unspecified atom stereocenters. The first-order chi connectivity index (χ1) is 10.1. The van der Waals surface area contributed by atoms with E-state index in [9.17, 15) is 0 Å². The molecule has 2 nitrogen and oxygen atoms in total. The summed E-state index contributed by atoms with van der Waals surface area (Å²) >= 11 is 13.3. The normalized spacial score (nSPS) is 18.6. The lowest BCUT2D eigenvalue weighted by molar-refractivity contribution is 0.295. The maximum atomic E-state index is 9.08. The summed E-state index contributed by atoms with van der Waals surface area (Å²) < 4.78 is 9.08. The summed E-state index contributed by atoms with van der Waals surface area (Å²) in [5, 5.41) is 1.41. The van der Waals surface area contributed by atoms with Crippen LogP contribution in [-0.2, 0) is 6.54 Å². The molecular weight excluding hydrogens is 325 g/mol. The van der Waals surface area contributed by atoms with E-state index < -0.39 is 0 Å². The Kier molecular flexibility index (Phi) is 4.48. The second-order valence-electron chi connectivity index (χ2n) is 5.37. The van der Waals surface area contributed by atoms with Crippen molar-refractivity contribution in [2.24, 2.45) is 0 Å². The molecule has 0 spiro atoms. The number of halogens is 2. The minimum absolute atomic E-state index is 0.243. The predicted octanol–water partition coefficient (Wildman–Crippen LogP) is 5.14. The molecular formula is C16H15Cl2NOS. The fraction of sp³-hybridized carbons (Fsp3) is 0.250. The average Bonchev–Trinajstić information content (AvgIpc) is 2.47. The van der Waals surface area contributed by atoms with Gasteiger partial charge in [-0.25, -0.2) is 0 Å². The zero-order chi connectivity index (χ0) is 15.0. The molecule has 0 radical (unpaired) electrons. The van der Waals surface area contributed by atoms with Gasteiger partial charge in [0, 0.05) is 46.0 Å². The molecule has 2 aromatic rings. The van der Waals surface area contributed by atoms with Crippen LogP contribution in [0.25, 0.3) is 0 Å². The van der Waals surface area contributed by atoms with Crippen LogP contribution in [0.2, 0.25) is 10.0 Å². The van der Waals surface area contributed by atoms with Crippen LogP contribution in [0.15, 0.2) is 41.3 Å². The first-order valence-corrected chi connectivity index (χ1v) is 8.19. The molecule has 21 heavy (non-hydrogen) atoms. The Labute approximate surface area is 138 Å². The van der Waals surface area contributed by atoms with Gasteiger partial charge in [-0.05, 0) is 48.0 Å². The molecule has 5 heteroatoms. The Morgan fingerprint density at radius 3 is 2.57 bits per heavy atom. The van der Waals surface area contributed by atoms with Gasteiger partial charge in [0.2, 0.25) is 0 Å². The van der Waals surface area contributed by atoms with E-state index in [4.69, 9.17) is 27.8 Å². The fourth-order valence-corrected chi connectivity index (χ4v) is 3.72. The van der Waals surface area contributed by atoms with Crippen LogP contribution in [0, 0.1) is 0 Å². The molecule has 1 N–H and O–H groups in total. The molecule has 0 aliphatic carbocycles. The first-order valence-electron chi connectivity index (χ1n) is 6.66. The number of rotatable bonds is 2. The van der Waals surface area contributed by atoms with Gasteiger partial charge >= 0.3 is 0 Å². The van der Waals surface area contributed by atoms with Crippen LogP contribution < -0.4 is 0 Å². The van der Waals surface area contributed by atoms with Crippen LogP contribution in [-0.4, -0.2) is 23.0 Å². The van der Waals surface area contributed by atoms with E-state index in [1.54, 1.807) is 0 Å². The third-order valence-corrected chi connectivity index (χ3v) is 4.92. The highest BCUT2D eigenvalue weighted by atomic mass is 35.5. The fourth-order valence-electron chi connectivity index (χ4n) is 2.89. The molecule has 1 heterocycles. The minimum atomic E-state index is 0.243. The molecule has 0 fully saturated rings. The van der Waals surface area contributed by atoms with Crippen molar-refractivity contribution in [2.75, 3.05) is 13.6 Å². The Hall–Kier alpha value is -0.710. The summed E-state index contributed by atoms with van der Waals surface area (Å²) in [6.45, 7) is 1.77. The first kappa shape index (κ1) is 15.2. The van der Waals surface area contributed by atoms with Crippen LogP contribution >= 0.6 is 35.2 Å². The predicted molar refractivity (Wildman–Crippen MR) is 89.6 cm³/mol. The zero-order valence-electron chi connectivity index (χ0n) is 11.5. The number of hydrogen-bond acceptors (Lipinski definition) is 3. The SMILES string of the molecule is CN1Cc2c(Cl)cc(Cl)cc2C(c2ccc(SO)cc2)C1. The van der Waals surface area contributed by atoms with Crippen molar-refractivity contribution in [2.45, 2.75) is 17.4 Å². The quantitative estimate of drug-likeness (QED) is 0.766. The van der Waals surface area contributed by atoms with Gasteiger partial charge in [0.1, 0.15) is 0 Å².